The van der Waals surface area contributed by atoms with Crippen LogP contribution < -0.4 is 9.47 Å². The summed E-state index contributed by atoms with van der Waals surface area (Å²) in [6.45, 7) is -2.32. The van der Waals surface area contributed by atoms with Crippen LogP contribution in [0.15, 0.2) is 24.3 Å². The second kappa shape index (κ2) is 4.06. The monoisotopic (exact) mass is 307 g/mol. The number of rotatable bonds is 1. The molecule has 1 aromatic carbocycles. The summed E-state index contributed by atoms with van der Waals surface area (Å²) < 4.78 is 75.8. The first-order valence-corrected chi connectivity index (χ1v) is 7.43. The van der Waals surface area contributed by atoms with Crippen LogP contribution in [0.5, 0.6) is 11.5 Å². The number of piperidine rings is 1. The predicted molar refractivity (Wildman–Crippen MR) is 82.5 cm³/mol. The number of hydrogen-bond acceptors (Lipinski definition) is 4. The van der Waals surface area contributed by atoms with Gasteiger partial charge in [0.25, 0.3) is 0 Å². The number of likely N-dealkylation sites (N-methyl/N-ethyl adjacent to an activating group) is 1. The summed E-state index contributed by atoms with van der Waals surface area (Å²) in [5.74, 6) is -1.58. The maximum Gasteiger partial charge on any atom is 0.165 e. The van der Waals surface area contributed by atoms with Crippen molar-refractivity contribution < 1.29 is 25.5 Å². The molecule has 22 heavy (non-hydrogen) atoms. The van der Waals surface area contributed by atoms with Crippen LogP contribution in [0.1, 0.15) is 28.5 Å². The fourth-order valence-electron chi connectivity index (χ4n) is 4.60. The number of likely N-dealkylation sites (tertiary alicyclic amines) is 1. The van der Waals surface area contributed by atoms with Gasteiger partial charge in [-0.15, -0.1) is 0 Å². The van der Waals surface area contributed by atoms with Crippen LogP contribution in [0, 0.1) is 5.89 Å². The van der Waals surface area contributed by atoms with Crippen LogP contribution in [-0.2, 0) is 11.8 Å². The second-order valence-corrected chi connectivity index (χ2v) is 6.32. The first-order chi connectivity index (χ1) is 13.7. The molecule has 5 atom stereocenters. The normalized spacial score (nSPS) is 54.2. The molecule has 5 rings (SSSR count). The number of benzene rings is 1. The topological polar surface area (TPSA) is 41.9 Å². The fourth-order valence-corrected chi connectivity index (χ4v) is 4.60. The van der Waals surface area contributed by atoms with Gasteiger partial charge < -0.3 is 19.5 Å². The maximum absolute atomic E-state index is 10.8. The highest BCUT2D eigenvalue weighted by Crippen LogP contribution is 2.62. The van der Waals surface area contributed by atoms with Crippen LogP contribution in [0.25, 0.3) is 0 Å². The molecule has 2 heterocycles. The van der Waals surface area contributed by atoms with Crippen molar-refractivity contribution in [2.75, 3.05) is 20.6 Å². The number of aliphatic hydroxyl groups excluding tert-OH is 1. The lowest BCUT2D eigenvalue weighted by Gasteiger charge is -2.56. The van der Waals surface area contributed by atoms with E-state index >= 15 is 0 Å². The van der Waals surface area contributed by atoms with Crippen molar-refractivity contribution in [3.63, 3.8) is 0 Å². The van der Waals surface area contributed by atoms with Crippen molar-refractivity contribution in [2.24, 2.45) is 5.89 Å². The molecule has 116 valence electrons. The average molecular weight is 307 g/mol. The highest BCUT2D eigenvalue weighted by atomic mass is 16.5. The lowest BCUT2D eigenvalue weighted by Crippen LogP contribution is -2.64. The Morgan fingerprint density at radius 1 is 1.50 bits per heavy atom. The van der Waals surface area contributed by atoms with E-state index in [1.807, 2.05) is 0 Å². The molecule has 2 aliphatic heterocycles. The van der Waals surface area contributed by atoms with Gasteiger partial charge in [-0.25, -0.2) is 0 Å². The minimum Gasteiger partial charge on any atom is -0.493 e. The Bertz CT molecular complexity index is 962. The predicted octanol–water partition coefficient (Wildman–Crippen LogP) is 1.50. The highest BCUT2D eigenvalue weighted by Gasteiger charge is 2.64. The Balaban J connectivity index is 1.79. The third-order valence-electron chi connectivity index (χ3n) is 5.47. The summed E-state index contributed by atoms with van der Waals surface area (Å²) in [7, 11) is -2.74. The standard InChI is InChI=1S/C18H21NO3/c1-19-8-7-18-11-4-5-13(20)17(18)22-16-14(21-2)6-3-10(15(16)18)9-12(11)19/h3-6,11-13,17,20H,7-9H2,1-2H3/t11-,12+,13?,17?,18-/m0/s1/i1D3,2D3,11D,17D. The molecule has 4 nitrogen and oxygen atoms in total. The number of nitrogens with zero attached hydrogens (tertiary/aromatic N) is 1. The number of methoxy groups -OCH3 is 1. The van der Waals surface area contributed by atoms with Crippen LogP contribution in [0.4, 0.5) is 0 Å². The molecule has 1 N–H and O–H groups in total. The van der Waals surface area contributed by atoms with Gasteiger partial charge in [0, 0.05) is 28.4 Å². The molecule has 1 saturated heterocycles. The number of aliphatic hydroxyl groups is 1. The molecular formula is C18H21NO3. The van der Waals surface area contributed by atoms with Crippen LogP contribution in [-0.4, -0.2) is 48.8 Å². The van der Waals surface area contributed by atoms with Gasteiger partial charge in [0.15, 0.2) is 11.5 Å². The van der Waals surface area contributed by atoms with Crippen LogP contribution >= 0.6 is 0 Å². The molecule has 2 aliphatic carbocycles. The minimum absolute atomic E-state index is 0.0544. The minimum atomic E-state index is -2.74. The molecule has 0 radical (unpaired) electrons. The summed E-state index contributed by atoms with van der Waals surface area (Å²) in [4.78, 5) is 1.32. The summed E-state index contributed by atoms with van der Waals surface area (Å²) in [5, 5.41) is 10.8. The maximum atomic E-state index is 10.8. The van der Waals surface area contributed by atoms with Crippen molar-refractivity contribution in [3.05, 3.63) is 35.4 Å². The molecular weight excluding hydrogens is 278 g/mol. The third kappa shape index (κ3) is 1.28. The summed E-state index contributed by atoms with van der Waals surface area (Å²) >= 11 is 0. The van der Waals surface area contributed by atoms with Crippen molar-refractivity contribution in [1.82, 2.24) is 4.90 Å². The molecule has 4 heteroatoms. The lowest BCUT2D eigenvalue weighted by molar-refractivity contribution is -0.0453. The van der Waals surface area contributed by atoms with Crippen molar-refractivity contribution >= 4 is 0 Å². The molecule has 2 bridgehead atoms. The van der Waals surface area contributed by atoms with E-state index in [-0.39, 0.29) is 30.9 Å². The van der Waals surface area contributed by atoms with Gasteiger partial charge in [0.05, 0.1) is 12.5 Å². The van der Waals surface area contributed by atoms with Gasteiger partial charge in [0.1, 0.15) is 12.2 Å². The molecule has 0 saturated carbocycles. The summed E-state index contributed by atoms with van der Waals surface area (Å²) in [5.41, 5.74) is -0.196. The van der Waals surface area contributed by atoms with E-state index in [2.05, 4.69) is 0 Å². The molecule has 0 aromatic heterocycles. The molecule has 1 aromatic rings. The SMILES string of the molecule is [2H]C([2H])([2H])Oc1ccc2c3c1OC1([2H])C(O)C=C[C@@]4([2H])[C@@H](C2)N(C([2H])([2H])[2H])CC[C@]314. The van der Waals surface area contributed by atoms with Gasteiger partial charge in [-0.2, -0.15) is 0 Å². The van der Waals surface area contributed by atoms with Gasteiger partial charge in [0.2, 0.25) is 0 Å². The van der Waals surface area contributed by atoms with E-state index in [9.17, 15) is 6.48 Å². The molecule has 1 spiro atoms. The van der Waals surface area contributed by atoms with Crippen molar-refractivity contribution in [1.29, 1.82) is 0 Å². The highest BCUT2D eigenvalue weighted by molar-refractivity contribution is 5.62. The molecule has 0 amide bonds. The number of ether oxygens (including phenoxy) is 2. The smallest absolute Gasteiger partial charge is 0.165 e. The van der Waals surface area contributed by atoms with E-state index < -0.39 is 43.5 Å². The Labute approximate surface area is 141 Å². The van der Waals surface area contributed by atoms with Crippen molar-refractivity contribution in [2.45, 2.75) is 36.5 Å². The Hall–Kier alpha value is -1.52. The van der Waals surface area contributed by atoms with E-state index in [1.54, 1.807) is 6.07 Å². The Kier molecular flexibility index (Phi) is 1.36. The van der Waals surface area contributed by atoms with Crippen LogP contribution in [0.2, 0.25) is 0 Å². The molecule has 2 unspecified atom stereocenters. The second-order valence-electron chi connectivity index (χ2n) is 6.32. The zero-order valence-corrected chi connectivity index (χ0v) is 11.8. The lowest BCUT2D eigenvalue weighted by atomic mass is 9.53. The number of hydrogen-bond donors (Lipinski definition) is 1. The molecule has 1 fully saturated rings. The first-order valence-electron chi connectivity index (χ1n) is 11.4. The van der Waals surface area contributed by atoms with Gasteiger partial charge >= 0.3 is 0 Å². The Morgan fingerprint density at radius 2 is 2.45 bits per heavy atom. The average Bonchev–Trinajstić information content (AvgIpc) is 2.87. The van der Waals surface area contributed by atoms with Crippen LogP contribution in [0.3, 0.4) is 0 Å². The fraction of sp³-hybridized carbons (Fsp3) is 0.556. The van der Waals surface area contributed by atoms with Gasteiger partial charge in [-0.1, -0.05) is 18.2 Å². The van der Waals surface area contributed by atoms with Gasteiger partial charge in [-0.05, 0) is 38.0 Å². The third-order valence-corrected chi connectivity index (χ3v) is 5.47. The summed E-state index contributed by atoms with van der Waals surface area (Å²) in [6, 6.07) is 2.32. The van der Waals surface area contributed by atoms with E-state index in [0.29, 0.717) is 11.1 Å². The zero-order chi connectivity index (χ0) is 21.9. The molecule has 4 aliphatic rings. The Morgan fingerprint density at radius 3 is 3.32 bits per heavy atom. The first kappa shape index (κ1) is 7.37. The van der Waals surface area contributed by atoms with E-state index in [0.717, 1.165) is 0 Å². The largest absolute Gasteiger partial charge is 0.493 e. The van der Waals surface area contributed by atoms with E-state index in [1.165, 1.54) is 23.1 Å². The van der Waals surface area contributed by atoms with Crippen molar-refractivity contribution in [3.8, 4) is 11.5 Å². The summed E-state index contributed by atoms with van der Waals surface area (Å²) in [6.07, 6.45) is -0.266. The van der Waals surface area contributed by atoms with Gasteiger partial charge in [-0.3, -0.25) is 0 Å². The zero-order valence-electron chi connectivity index (χ0n) is 19.8. The van der Waals surface area contributed by atoms with E-state index in [4.69, 9.17) is 19.1 Å². The quantitative estimate of drug-likeness (QED) is 0.799.